The Bertz CT molecular complexity index is 640. The first-order chi connectivity index (χ1) is 10.2. The van der Waals surface area contributed by atoms with Gasteiger partial charge < -0.3 is 10.1 Å². The average molecular weight is 324 g/mol. The van der Waals surface area contributed by atoms with Gasteiger partial charge in [0.1, 0.15) is 10.6 Å². The average Bonchev–Trinajstić information content (AvgIpc) is 2.91. The summed E-state index contributed by atoms with van der Waals surface area (Å²) in [5.74, 6) is -0.469. The lowest BCUT2D eigenvalue weighted by atomic mass is 10.0. The van der Waals surface area contributed by atoms with E-state index < -0.39 is 5.97 Å². The van der Waals surface area contributed by atoms with Gasteiger partial charge >= 0.3 is 5.97 Å². The van der Waals surface area contributed by atoms with Crippen LogP contribution in [0.3, 0.4) is 0 Å². The zero-order chi connectivity index (χ0) is 15.2. The molecule has 1 amide bonds. The molecule has 1 aromatic carbocycles. The van der Waals surface area contributed by atoms with Crippen LogP contribution in [0, 0.1) is 0 Å². The van der Waals surface area contributed by atoms with Gasteiger partial charge in [0.25, 0.3) is 0 Å². The van der Waals surface area contributed by atoms with Crippen molar-refractivity contribution in [1.82, 2.24) is 0 Å². The van der Waals surface area contributed by atoms with E-state index in [1.165, 1.54) is 18.4 Å². The van der Waals surface area contributed by atoms with Gasteiger partial charge in [-0.1, -0.05) is 30.3 Å². The minimum atomic E-state index is -0.476. The number of rotatable bonds is 5. The highest BCUT2D eigenvalue weighted by Crippen LogP contribution is 2.36. The number of hydrogen-bond donors (Lipinski definition) is 1. The number of hydrogen-bond acceptors (Lipinski definition) is 4. The van der Waals surface area contributed by atoms with E-state index in [1.54, 1.807) is 0 Å². The highest BCUT2D eigenvalue weighted by molar-refractivity contribution is 7.15. The second-order valence-electron chi connectivity index (χ2n) is 4.20. The predicted molar refractivity (Wildman–Crippen MR) is 85.1 cm³/mol. The number of thiophene rings is 1. The van der Waals surface area contributed by atoms with Crippen LogP contribution in [0.15, 0.2) is 35.7 Å². The molecule has 0 unspecified atom stereocenters. The lowest BCUT2D eigenvalue weighted by Gasteiger charge is -2.07. The van der Waals surface area contributed by atoms with Gasteiger partial charge in [-0.3, -0.25) is 4.79 Å². The highest BCUT2D eigenvalue weighted by Gasteiger charge is 2.21. The van der Waals surface area contributed by atoms with Crippen molar-refractivity contribution >= 4 is 39.8 Å². The van der Waals surface area contributed by atoms with Crippen molar-refractivity contribution in [3.05, 3.63) is 41.3 Å². The number of methoxy groups -OCH3 is 1. The SMILES string of the molecule is COC(=O)c1c(-c2ccccc2)csc1NC(=O)CCCl. The van der Waals surface area contributed by atoms with Crippen molar-refractivity contribution in [3.63, 3.8) is 0 Å². The van der Waals surface area contributed by atoms with E-state index in [9.17, 15) is 9.59 Å². The summed E-state index contributed by atoms with van der Waals surface area (Å²) < 4.78 is 4.83. The van der Waals surface area contributed by atoms with E-state index >= 15 is 0 Å². The zero-order valence-corrected chi connectivity index (χ0v) is 13.0. The van der Waals surface area contributed by atoms with Gasteiger partial charge in [0, 0.05) is 23.2 Å². The van der Waals surface area contributed by atoms with Crippen molar-refractivity contribution in [1.29, 1.82) is 0 Å². The standard InChI is InChI=1S/C15H14ClNO3S/c1-20-15(19)13-11(10-5-3-2-4-6-10)9-21-14(13)17-12(18)7-8-16/h2-6,9H,7-8H2,1H3,(H,17,18). The van der Waals surface area contributed by atoms with Crippen LogP contribution >= 0.6 is 22.9 Å². The van der Waals surface area contributed by atoms with Gasteiger partial charge in [-0.15, -0.1) is 22.9 Å². The van der Waals surface area contributed by atoms with Crippen molar-refractivity contribution < 1.29 is 14.3 Å². The molecule has 0 fully saturated rings. The van der Waals surface area contributed by atoms with Gasteiger partial charge in [-0.2, -0.15) is 0 Å². The van der Waals surface area contributed by atoms with Crippen molar-refractivity contribution in [2.45, 2.75) is 6.42 Å². The molecule has 0 spiro atoms. The summed E-state index contributed by atoms with van der Waals surface area (Å²) in [7, 11) is 1.32. The van der Waals surface area contributed by atoms with Crippen LogP contribution in [-0.4, -0.2) is 24.9 Å². The molecule has 2 rings (SSSR count). The fourth-order valence-corrected chi connectivity index (χ4v) is 3.00. The number of amides is 1. The Labute approximate surface area is 131 Å². The number of halogens is 1. The molecular formula is C15H14ClNO3S. The van der Waals surface area contributed by atoms with Crippen molar-refractivity contribution in [2.24, 2.45) is 0 Å². The molecule has 2 aromatic rings. The third-order valence-electron chi connectivity index (χ3n) is 2.84. The summed E-state index contributed by atoms with van der Waals surface area (Å²) in [5.41, 5.74) is 2.01. The zero-order valence-electron chi connectivity index (χ0n) is 11.4. The number of anilines is 1. The number of nitrogens with one attached hydrogen (secondary N) is 1. The molecule has 0 aliphatic heterocycles. The fourth-order valence-electron chi connectivity index (χ4n) is 1.86. The Morgan fingerprint density at radius 2 is 2.00 bits per heavy atom. The summed E-state index contributed by atoms with van der Waals surface area (Å²) in [6.07, 6.45) is 0.195. The lowest BCUT2D eigenvalue weighted by molar-refractivity contribution is -0.115. The van der Waals surface area contributed by atoms with E-state index in [4.69, 9.17) is 16.3 Å². The second kappa shape index (κ2) is 7.24. The number of ether oxygens (including phenoxy) is 1. The molecule has 6 heteroatoms. The topological polar surface area (TPSA) is 55.4 Å². The monoisotopic (exact) mass is 323 g/mol. The Morgan fingerprint density at radius 3 is 2.62 bits per heavy atom. The molecule has 110 valence electrons. The number of benzene rings is 1. The van der Waals surface area contributed by atoms with Crippen LogP contribution in [-0.2, 0) is 9.53 Å². The van der Waals surface area contributed by atoms with Crippen LogP contribution in [0.4, 0.5) is 5.00 Å². The third-order valence-corrected chi connectivity index (χ3v) is 3.92. The van der Waals surface area contributed by atoms with Crippen molar-refractivity contribution in [3.8, 4) is 11.1 Å². The number of carbonyl (C=O) groups excluding carboxylic acids is 2. The van der Waals surface area contributed by atoms with E-state index in [0.29, 0.717) is 10.6 Å². The maximum Gasteiger partial charge on any atom is 0.341 e. The van der Waals surface area contributed by atoms with Gasteiger partial charge in [-0.05, 0) is 5.56 Å². The largest absolute Gasteiger partial charge is 0.465 e. The smallest absolute Gasteiger partial charge is 0.341 e. The number of carbonyl (C=O) groups is 2. The number of esters is 1. The normalized spacial score (nSPS) is 10.2. The second-order valence-corrected chi connectivity index (χ2v) is 5.46. The first-order valence-corrected chi connectivity index (χ1v) is 7.69. The Kier molecular flexibility index (Phi) is 5.36. The van der Waals surface area contributed by atoms with E-state index in [0.717, 1.165) is 11.1 Å². The van der Waals surface area contributed by atoms with Crippen LogP contribution in [0.5, 0.6) is 0 Å². The summed E-state index contributed by atoms with van der Waals surface area (Å²) in [5, 5.41) is 5.02. The van der Waals surface area contributed by atoms with Crippen molar-refractivity contribution in [2.75, 3.05) is 18.3 Å². The van der Waals surface area contributed by atoms with Gasteiger partial charge in [0.05, 0.1) is 7.11 Å². The molecule has 0 bridgehead atoms. The molecule has 4 nitrogen and oxygen atoms in total. The summed E-state index contributed by atoms with van der Waals surface area (Å²) in [4.78, 5) is 23.7. The molecule has 1 heterocycles. The molecule has 0 aliphatic carbocycles. The summed E-state index contributed by atoms with van der Waals surface area (Å²) in [6, 6.07) is 9.48. The molecular weight excluding hydrogens is 310 g/mol. The lowest BCUT2D eigenvalue weighted by Crippen LogP contribution is -2.14. The first-order valence-electron chi connectivity index (χ1n) is 6.28. The molecule has 0 radical (unpaired) electrons. The van der Waals surface area contributed by atoms with Crippen LogP contribution in [0.25, 0.3) is 11.1 Å². The Hall–Kier alpha value is -1.85. The van der Waals surface area contributed by atoms with Crippen LogP contribution < -0.4 is 5.32 Å². The summed E-state index contributed by atoms with van der Waals surface area (Å²) in [6.45, 7) is 0. The third kappa shape index (κ3) is 3.62. The van der Waals surface area contributed by atoms with Gasteiger partial charge in [-0.25, -0.2) is 4.79 Å². The molecule has 0 saturated carbocycles. The maximum atomic E-state index is 12.0. The molecule has 0 aliphatic rings. The quantitative estimate of drug-likeness (QED) is 0.673. The first kappa shape index (κ1) is 15.5. The number of alkyl halides is 1. The highest BCUT2D eigenvalue weighted by atomic mass is 35.5. The minimum Gasteiger partial charge on any atom is -0.465 e. The molecule has 0 atom stereocenters. The summed E-state index contributed by atoms with van der Waals surface area (Å²) >= 11 is 6.84. The molecule has 0 saturated heterocycles. The van der Waals surface area contributed by atoms with Crippen LogP contribution in [0.2, 0.25) is 0 Å². The Morgan fingerprint density at radius 1 is 1.29 bits per heavy atom. The molecule has 21 heavy (non-hydrogen) atoms. The van der Waals surface area contributed by atoms with E-state index in [-0.39, 0.29) is 18.2 Å². The van der Waals surface area contributed by atoms with Gasteiger partial charge in [0.2, 0.25) is 5.91 Å². The minimum absolute atomic E-state index is 0.195. The predicted octanol–water partition coefficient (Wildman–Crippen LogP) is 3.77. The maximum absolute atomic E-state index is 12.0. The van der Waals surface area contributed by atoms with Gasteiger partial charge in [0.15, 0.2) is 0 Å². The van der Waals surface area contributed by atoms with E-state index in [1.807, 2.05) is 35.7 Å². The Balaban J connectivity index is 2.41. The fraction of sp³-hybridized carbons (Fsp3) is 0.200. The van der Waals surface area contributed by atoms with Crippen LogP contribution in [0.1, 0.15) is 16.8 Å². The van der Waals surface area contributed by atoms with E-state index in [2.05, 4.69) is 5.32 Å². The molecule has 1 N–H and O–H groups in total. The molecule has 1 aromatic heterocycles.